The second kappa shape index (κ2) is 6.76. The third kappa shape index (κ3) is 4.07. The highest BCUT2D eigenvalue weighted by molar-refractivity contribution is 6.42. The fraction of sp³-hybridized carbons (Fsp3) is 0.143. The Morgan fingerprint density at radius 2 is 1.81 bits per heavy atom. The molecule has 0 aliphatic carbocycles. The van der Waals surface area contributed by atoms with E-state index in [9.17, 15) is 15.2 Å². The lowest BCUT2D eigenvalue weighted by molar-refractivity contribution is -0.384. The molecule has 0 saturated carbocycles. The van der Waals surface area contributed by atoms with Gasteiger partial charge in [0.25, 0.3) is 5.69 Å². The van der Waals surface area contributed by atoms with Crippen LogP contribution in [0, 0.1) is 10.1 Å². The average Bonchev–Trinajstić information content (AvgIpc) is 2.48. The maximum Gasteiger partial charge on any atom is 0.269 e. The number of hydrogen-bond donors (Lipinski definition) is 2. The lowest BCUT2D eigenvalue weighted by atomic mass is 10.1. The van der Waals surface area contributed by atoms with Gasteiger partial charge in [0.05, 0.1) is 21.1 Å². The van der Waals surface area contributed by atoms with Crippen LogP contribution in [0.5, 0.6) is 0 Å². The van der Waals surface area contributed by atoms with Crippen molar-refractivity contribution in [3.05, 3.63) is 68.2 Å². The summed E-state index contributed by atoms with van der Waals surface area (Å²) >= 11 is 11.7. The number of hydrogen-bond acceptors (Lipinski definition) is 4. The normalized spacial score (nSPS) is 12.0. The van der Waals surface area contributed by atoms with Gasteiger partial charge in [0, 0.05) is 24.4 Å². The molecule has 21 heavy (non-hydrogen) atoms. The molecule has 0 aromatic heterocycles. The number of anilines is 1. The fourth-order valence-electron chi connectivity index (χ4n) is 1.76. The van der Waals surface area contributed by atoms with Crippen LogP contribution in [-0.2, 0) is 0 Å². The van der Waals surface area contributed by atoms with E-state index in [1.54, 1.807) is 18.2 Å². The fourth-order valence-corrected chi connectivity index (χ4v) is 2.05. The van der Waals surface area contributed by atoms with Gasteiger partial charge < -0.3 is 10.4 Å². The Balaban J connectivity index is 1.99. The lowest BCUT2D eigenvalue weighted by Crippen LogP contribution is -2.12. The average molecular weight is 327 g/mol. The minimum absolute atomic E-state index is 0.0107. The van der Waals surface area contributed by atoms with Crippen LogP contribution in [-0.4, -0.2) is 16.6 Å². The Hall–Kier alpha value is -1.82. The van der Waals surface area contributed by atoms with Crippen molar-refractivity contribution < 1.29 is 10.0 Å². The molecule has 0 heterocycles. The van der Waals surface area contributed by atoms with Crippen LogP contribution in [0.1, 0.15) is 11.7 Å². The first-order valence-corrected chi connectivity index (χ1v) is 6.84. The number of aliphatic hydroxyl groups is 1. The minimum Gasteiger partial charge on any atom is -0.387 e. The molecule has 1 unspecified atom stereocenters. The predicted molar refractivity (Wildman–Crippen MR) is 83.0 cm³/mol. The van der Waals surface area contributed by atoms with Crippen molar-refractivity contribution in [2.45, 2.75) is 6.10 Å². The van der Waals surface area contributed by atoms with Crippen molar-refractivity contribution >= 4 is 34.6 Å². The van der Waals surface area contributed by atoms with Crippen molar-refractivity contribution in [1.29, 1.82) is 0 Å². The Morgan fingerprint density at radius 3 is 2.38 bits per heavy atom. The molecule has 2 rings (SSSR count). The molecule has 0 spiro atoms. The number of halogens is 2. The second-order valence-electron chi connectivity index (χ2n) is 4.37. The molecule has 0 fully saturated rings. The largest absolute Gasteiger partial charge is 0.387 e. The molecule has 7 heteroatoms. The maximum atomic E-state index is 10.6. The number of rotatable bonds is 5. The minimum atomic E-state index is -0.791. The van der Waals surface area contributed by atoms with Crippen LogP contribution in [0.4, 0.5) is 11.4 Å². The van der Waals surface area contributed by atoms with Gasteiger partial charge in [-0.1, -0.05) is 23.2 Å². The lowest BCUT2D eigenvalue weighted by Gasteiger charge is -2.13. The molecular formula is C14H12Cl2N2O3. The topological polar surface area (TPSA) is 75.4 Å². The SMILES string of the molecule is O=[N+]([O-])c1ccc(C(O)CNc2ccc(Cl)c(Cl)c2)cc1. The Bertz CT molecular complexity index is 647. The highest BCUT2D eigenvalue weighted by Gasteiger charge is 2.10. The molecule has 110 valence electrons. The van der Waals surface area contributed by atoms with Gasteiger partial charge in [0.2, 0.25) is 0 Å². The van der Waals surface area contributed by atoms with E-state index in [1.165, 1.54) is 24.3 Å². The van der Waals surface area contributed by atoms with Crippen LogP contribution in [0.25, 0.3) is 0 Å². The molecule has 0 bridgehead atoms. The van der Waals surface area contributed by atoms with E-state index in [1.807, 2.05) is 0 Å². The van der Waals surface area contributed by atoms with Crippen molar-refractivity contribution in [1.82, 2.24) is 0 Å². The molecule has 1 atom stereocenters. The quantitative estimate of drug-likeness (QED) is 0.642. The zero-order valence-electron chi connectivity index (χ0n) is 10.8. The molecule has 2 N–H and O–H groups in total. The molecule has 0 aliphatic heterocycles. The van der Waals surface area contributed by atoms with Crippen molar-refractivity contribution in [2.75, 3.05) is 11.9 Å². The molecule has 5 nitrogen and oxygen atoms in total. The first-order chi connectivity index (χ1) is 9.97. The van der Waals surface area contributed by atoms with Gasteiger partial charge >= 0.3 is 0 Å². The summed E-state index contributed by atoms with van der Waals surface area (Å²) in [6.45, 7) is 0.246. The maximum absolute atomic E-state index is 10.6. The van der Waals surface area contributed by atoms with E-state index < -0.39 is 11.0 Å². The number of non-ortho nitro benzene ring substituents is 1. The predicted octanol–water partition coefficient (Wildman–Crippen LogP) is 4.05. The van der Waals surface area contributed by atoms with Gasteiger partial charge in [0.15, 0.2) is 0 Å². The van der Waals surface area contributed by atoms with E-state index in [-0.39, 0.29) is 12.2 Å². The monoisotopic (exact) mass is 326 g/mol. The van der Waals surface area contributed by atoms with Crippen LogP contribution in [0.15, 0.2) is 42.5 Å². The zero-order chi connectivity index (χ0) is 15.4. The summed E-state index contributed by atoms with van der Waals surface area (Å²) in [6, 6.07) is 10.8. The van der Waals surface area contributed by atoms with E-state index in [0.29, 0.717) is 15.6 Å². The highest BCUT2D eigenvalue weighted by Crippen LogP contribution is 2.25. The number of nitro benzene ring substituents is 1. The van der Waals surface area contributed by atoms with E-state index >= 15 is 0 Å². The van der Waals surface area contributed by atoms with Gasteiger partial charge in [-0.05, 0) is 35.9 Å². The summed E-state index contributed by atoms with van der Waals surface area (Å²) in [7, 11) is 0. The van der Waals surface area contributed by atoms with Crippen molar-refractivity contribution in [3.63, 3.8) is 0 Å². The number of nitro groups is 1. The van der Waals surface area contributed by atoms with Crippen LogP contribution < -0.4 is 5.32 Å². The Kier molecular flexibility index (Phi) is 5.01. The van der Waals surface area contributed by atoms with Gasteiger partial charge in [-0.3, -0.25) is 10.1 Å². The standard InChI is InChI=1S/C14H12Cl2N2O3/c15-12-6-3-10(7-13(12)16)17-8-14(19)9-1-4-11(5-2-9)18(20)21/h1-7,14,17,19H,8H2. The second-order valence-corrected chi connectivity index (χ2v) is 5.19. The van der Waals surface area contributed by atoms with Gasteiger partial charge in [0.1, 0.15) is 0 Å². The number of nitrogens with zero attached hydrogens (tertiary/aromatic N) is 1. The molecule has 2 aromatic carbocycles. The highest BCUT2D eigenvalue weighted by atomic mass is 35.5. The molecule has 0 radical (unpaired) electrons. The smallest absolute Gasteiger partial charge is 0.269 e. The van der Waals surface area contributed by atoms with E-state index in [0.717, 1.165) is 5.69 Å². The number of benzene rings is 2. The molecular weight excluding hydrogens is 315 g/mol. The summed E-state index contributed by atoms with van der Waals surface area (Å²) < 4.78 is 0. The molecule has 0 amide bonds. The van der Waals surface area contributed by atoms with Gasteiger partial charge in [-0.2, -0.15) is 0 Å². The third-order valence-electron chi connectivity index (χ3n) is 2.91. The van der Waals surface area contributed by atoms with Crippen molar-refractivity contribution in [2.24, 2.45) is 0 Å². The van der Waals surface area contributed by atoms with E-state index in [4.69, 9.17) is 23.2 Å². The zero-order valence-corrected chi connectivity index (χ0v) is 12.3. The summed E-state index contributed by atoms with van der Waals surface area (Å²) in [5, 5.41) is 24.5. The first-order valence-electron chi connectivity index (χ1n) is 6.08. The van der Waals surface area contributed by atoms with E-state index in [2.05, 4.69) is 5.32 Å². The number of nitrogens with one attached hydrogen (secondary N) is 1. The third-order valence-corrected chi connectivity index (χ3v) is 3.65. The van der Waals surface area contributed by atoms with Gasteiger partial charge in [-0.25, -0.2) is 0 Å². The molecule has 0 saturated heterocycles. The number of aliphatic hydroxyl groups excluding tert-OH is 1. The molecule has 2 aromatic rings. The molecule has 0 aliphatic rings. The van der Waals surface area contributed by atoms with Crippen LogP contribution >= 0.6 is 23.2 Å². The Labute approximate surface area is 131 Å². The van der Waals surface area contributed by atoms with Crippen LogP contribution in [0.3, 0.4) is 0 Å². The summed E-state index contributed by atoms with van der Waals surface area (Å²) in [5.74, 6) is 0. The van der Waals surface area contributed by atoms with Crippen LogP contribution in [0.2, 0.25) is 10.0 Å². The first kappa shape index (κ1) is 15.6. The summed E-state index contributed by atoms with van der Waals surface area (Å²) in [5.41, 5.74) is 1.31. The Morgan fingerprint density at radius 1 is 1.14 bits per heavy atom. The van der Waals surface area contributed by atoms with Gasteiger partial charge in [-0.15, -0.1) is 0 Å². The van der Waals surface area contributed by atoms with Crippen molar-refractivity contribution in [3.8, 4) is 0 Å². The summed E-state index contributed by atoms with van der Waals surface area (Å²) in [6.07, 6.45) is -0.791. The summed E-state index contributed by atoms with van der Waals surface area (Å²) in [4.78, 5) is 10.1.